The number of rotatable bonds is 4. The SMILES string of the molecule is [CH2]c1cccc(NCCCN)n1. The highest BCUT2D eigenvalue weighted by Crippen LogP contribution is 2.02. The molecule has 1 radical (unpaired) electrons. The summed E-state index contributed by atoms with van der Waals surface area (Å²) in [5.74, 6) is 0.871. The standard InChI is InChI=1S/C9H14N3/c1-8-4-2-5-9(12-8)11-7-3-6-10/h2,4-5H,1,3,6-7,10H2,(H,11,12). The second-order valence-corrected chi connectivity index (χ2v) is 2.58. The Morgan fingerprint density at radius 2 is 2.33 bits per heavy atom. The van der Waals surface area contributed by atoms with Crippen molar-refractivity contribution in [3.63, 3.8) is 0 Å². The number of nitrogens with two attached hydrogens (primary N) is 1. The Bertz CT molecular complexity index is 235. The van der Waals surface area contributed by atoms with E-state index in [0.717, 1.165) is 24.5 Å². The molecule has 0 aliphatic heterocycles. The van der Waals surface area contributed by atoms with Crippen molar-refractivity contribution in [3.05, 3.63) is 30.8 Å². The van der Waals surface area contributed by atoms with E-state index in [1.54, 1.807) is 0 Å². The van der Waals surface area contributed by atoms with Crippen molar-refractivity contribution in [2.75, 3.05) is 18.4 Å². The summed E-state index contributed by atoms with van der Waals surface area (Å²) >= 11 is 0. The average Bonchev–Trinajstić information content (AvgIpc) is 2.05. The maximum Gasteiger partial charge on any atom is 0.126 e. The van der Waals surface area contributed by atoms with Crippen LogP contribution in [-0.2, 0) is 0 Å². The van der Waals surface area contributed by atoms with Crippen LogP contribution in [0.4, 0.5) is 5.82 Å². The van der Waals surface area contributed by atoms with E-state index in [1.165, 1.54) is 0 Å². The van der Waals surface area contributed by atoms with Crippen LogP contribution in [-0.4, -0.2) is 18.1 Å². The van der Waals surface area contributed by atoms with E-state index >= 15 is 0 Å². The minimum atomic E-state index is 0.705. The topological polar surface area (TPSA) is 50.9 Å². The molecule has 0 aromatic carbocycles. The van der Waals surface area contributed by atoms with Gasteiger partial charge in [0, 0.05) is 12.2 Å². The third-order valence-corrected chi connectivity index (χ3v) is 1.49. The normalized spacial score (nSPS) is 9.83. The highest BCUT2D eigenvalue weighted by atomic mass is 15.0. The Morgan fingerprint density at radius 3 is 3.00 bits per heavy atom. The maximum atomic E-state index is 5.35. The molecule has 0 fully saturated rings. The van der Waals surface area contributed by atoms with E-state index in [2.05, 4.69) is 17.2 Å². The zero-order chi connectivity index (χ0) is 8.81. The fourth-order valence-electron chi connectivity index (χ4n) is 0.897. The highest BCUT2D eigenvalue weighted by molar-refractivity contribution is 5.35. The molecule has 0 aliphatic rings. The molecule has 0 spiro atoms. The third-order valence-electron chi connectivity index (χ3n) is 1.49. The molecule has 3 nitrogen and oxygen atoms in total. The zero-order valence-electron chi connectivity index (χ0n) is 7.09. The molecule has 0 unspecified atom stereocenters. The van der Waals surface area contributed by atoms with Gasteiger partial charge in [0.15, 0.2) is 0 Å². The van der Waals surface area contributed by atoms with Crippen molar-refractivity contribution in [3.8, 4) is 0 Å². The minimum absolute atomic E-state index is 0.705. The molecule has 12 heavy (non-hydrogen) atoms. The van der Waals surface area contributed by atoms with Crippen molar-refractivity contribution in [2.24, 2.45) is 5.73 Å². The van der Waals surface area contributed by atoms with Gasteiger partial charge in [-0.15, -0.1) is 0 Å². The van der Waals surface area contributed by atoms with Gasteiger partial charge in [-0.3, -0.25) is 0 Å². The molecule has 1 aromatic rings. The lowest BCUT2D eigenvalue weighted by atomic mass is 10.3. The first-order chi connectivity index (χ1) is 5.83. The number of pyridine rings is 1. The Kier molecular flexibility index (Phi) is 3.54. The summed E-state index contributed by atoms with van der Waals surface area (Å²) in [7, 11) is 0. The number of nitrogens with one attached hydrogen (secondary N) is 1. The average molecular weight is 164 g/mol. The number of anilines is 1. The Labute approximate surface area is 73.0 Å². The van der Waals surface area contributed by atoms with Gasteiger partial charge in [-0.1, -0.05) is 6.07 Å². The lowest BCUT2D eigenvalue weighted by Gasteiger charge is -2.03. The molecule has 0 saturated heterocycles. The molecular formula is C9H14N3. The molecule has 0 bridgehead atoms. The monoisotopic (exact) mass is 164 g/mol. The van der Waals surface area contributed by atoms with E-state index in [-0.39, 0.29) is 0 Å². The first-order valence-corrected chi connectivity index (χ1v) is 4.06. The van der Waals surface area contributed by atoms with Crippen LogP contribution in [0.5, 0.6) is 0 Å². The van der Waals surface area contributed by atoms with Gasteiger partial charge >= 0.3 is 0 Å². The summed E-state index contributed by atoms with van der Waals surface area (Å²) in [6, 6.07) is 5.72. The fraction of sp³-hybridized carbons (Fsp3) is 0.333. The van der Waals surface area contributed by atoms with Crippen molar-refractivity contribution in [2.45, 2.75) is 6.42 Å². The van der Waals surface area contributed by atoms with Crippen molar-refractivity contribution < 1.29 is 0 Å². The van der Waals surface area contributed by atoms with Crippen LogP contribution in [0.15, 0.2) is 18.2 Å². The number of hydrogen-bond acceptors (Lipinski definition) is 3. The Balaban J connectivity index is 2.41. The van der Waals surface area contributed by atoms with Gasteiger partial charge in [0.1, 0.15) is 5.82 Å². The molecule has 3 N–H and O–H groups in total. The van der Waals surface area contributed by atoms with E-state index in [4.69, 9.17) is 5.73 Å². The highest BCUT2D eigenvalue weighted by Gasteiger charge is 1.91. The van der Waals surface area contributed by atoms with Gasteiger partial charge < -0.3 is 11.1 Å². The molecule has 0 saturated carbocycles. The fourth-order valence-corrected chi connectivity index (χ4v) is 0.897. The lowest BCUT2D eigenvalue weighted by molar-refractivity contribution is 0.870. The predicted molar refractivity (Wildman–Crippen MR) is 50.9 cm³/mol. The van der Waals surface area contributed by atoms with Crippen LogP contribution >= 0.6 is 0 Å². The quantitative estimate of drug-likeness (QED) is 0.653. The molecule has 65 valence electrons. The van der Waals surface area contributed by atoms with E-state index in [9.17, 15) is 0 Å². The molecular weight excluding hydrogens is 150 g/mol. The Morgan fingerprint density at radius 1 is 1.50 bits per heavy atom. The van der Waals surface area contributed by atoms with Crippen LogP contribution in [0.25, 0.3) is 0 Å². The second kappa shape index (κ2) is 4.72. The summed E-state index contributed by atoms with van der Waals surface area (Å²) in [4.78, 5) is 4.18. The van der Waals surface area contributed by atoms with Crippen molar-refractivity contribution >= 4 is 5.82 Å². The van der Waals surface area contributed by atoms with Gasteiger partial charge in [0.05, 0.1) is 0 Å². The molecule has 0 amide bonds. The van der Waals surface area contributed by atoms with Crippen LogP contribution in [0.3, 0.4) is 0 Å². The number of hydrogen-bond donors (Lipinski definition) is 2. The van der Waals surface area contributed by atoms with Gasteiger partial charge in [-0.05, 0) is 32.0 Å². The van der Waals surface area contributed by atoms with Crippen LogP contribution < -0.4 is 11.1 Å². The smallest absolute Gasteiger partial charge is 0.126 e. The molecule has 0 atom stereocenters. The lowest BCUT2D eigenvalue weighted by Crippen LogP contribution is -2.09. The van der Waals surface area contributed by atoms with Gasteiger partial charge in [0.25, 0.3) is 0 Å². The molecule has 0 aliphatic carbocycles. The summed E-state index contributed by atoms with van der Waals surface area (Å²) in [5.41, 5.74) is 6.13. The minimum Gasteiger partial charge on any atom is -0.370 e. The molecule has 1 aromatic heterocycles. The van der Waals surface area contributed by atoms with Crippen molar-refractivity contribution in [1.82, 2.24) is 4.98 Å². The first kappa shape index (κ1) is 9.00. The Hall–Kier alpha value is -1.09. The largest absolute Gasteiger partial charge is 0.370 e. The molecule has 3 heteroatoms. The summed E-state index contributed by atoms with van der Waals surface area (Å²) < 4.78 is 0. The van der Waals surface area contributed by atoms with Crippen LogP contribution in [0, 0.1) is 6.92 Å². The molecule has 1 heterocycles. The van der Waals surface area contributed by atoms with Crippen molar-refractivity contribution in [1.29, 1.82) is 0 Å². The van der Waals surface area contributed by atoms with Gasteiger partial charge in [0.2, 0.25) is 0 Å². The van der Waals surface area contributed by atoms with E-state index in [1.807, 2.05) is 18.2 Å². The first-order valence-electron chi connectivity index (χ1n) is 4.06. The molecule has 1 rings (SSSR count). The number of aromatic nitrogens is 1. The summed E-state index contributed by atoms with van der Waals surface area (Å²) in [6.07, 6.45) is 0.961. The van der Waals surface area contributed by atoms with Crippen LogP contribution in [0.1, 0.15) is 12.1 Å². The van der Waals surface area contributed by atoms with E-state index < -0.39 is 0 Å². The third kappa shape index (κ3) is 2.88. The maximum absolute atomic E-state index is 5.35. The summed E-state index contributed by atoms with van der Waals surface area (Å²) in [5, 5.41) is 3.16. The summed E-state index contributed by atoms with van der Waals surface area (Å²) in [6.45, 7) is 5.31. The van der Waals surface area contributed by atoms with Crippen LogP contribution in [0.2, 0.25) is 0 Å². The van der Waals surface area contributed by atoms with Gasteiger partial charge in [-0.2, -0.15) is 0 Å². The number of nitrogens with zero attached hydrogens (tertiary/aromatic N) is 1. The van der Waals surface area contributed by atoms with Gasteiger partial charge in [-0.25, -0.2) is 4.98 Å². The zero-order valence-corrected chi connectivity index (χ0v) is 7.09. The predicted octanol–water partition coefficient (Wildman–Crippen LogP) is 1.02. The van der Waals surface area contributed by atoms with E-state index in [0.29, 0.717) is 6.54 Å². The second-order valence-electron chi connectivity index (χ2n) is 2.58.